The molecule has 3 N–H and O–H groups in total. The monoisotopic (exact) mass is 225 g/mol. The van der Waals surface area contributed by atoms with Gasteiger partial charge in [-0.1, -0.05) is 0 Å². The highest BCUT2D eigenvalue weighted by Gasteiger charge is 2.00. The summed E-state index contributed by atoms with van der Waals surface area (Å²) >= 11 is 3.33. The molecule has 0 aliphatic rings. The fourth-order valence-corrected chi connectivity index (χ4v) is 0.760. The lowest BCUT2D eigenvalue weighted by Gasteiger charge is -2.17. The first kappa shape index (κ1) is 16.3. The number of thiol groups is 1. The Hall–Kier alpha value is -0.140. The van der Waals surface area contributed by atoms with E-state index < -0.39 is 0 Å². The molecule has 0 bridgehead atoms. The largest absolute Gasteiger partial charge is 0.395 e. The van der Waals surface area contributed by atoms with Gasteiger partial charge < -0.3 is 15.3 Å². The third-order valence-corrected chi connectivity index (χ3v) is 1.25. The van der Waals surface area contributed by atoms with Gasteiger partial charge in [-0.2, -0.15) is 0 Å². The van der Waals surface area contributed by atoms with Gasteiger partial charge in [-0.3, -0.25) is 9.69 Å². The van der Waals surface area contributed by atoms with Crippen molar-refractivity contribution in [3.8, 4) is 0 Å². The number of hydrogen-bond acceptors (Lipinski definition) is 5. The van der Waals surface area contributed by atoms with Crippen LogP contribution in [-0.2, 0) is 4.79 Å². The summed E-state index contributed by atoms with van der Waals surface area (Å²) < 4.78 is 0. The minimum absolute atomic E-state index is 0.0694. The van der Waals surface area contributed by atoms with E-state index in [-0.39, 0.29) is 24.9 Å². The van der Waals surface area contributed by atoms with Crippen LogP contribution in [0.2, 0.25) is 0 Å². The van der Waals surface area contributed by atoms with Gasteiger partial charge in [0.1, 0.15) is 0 Å². The van der Waals surface area contributed by atoms with Gasteiger partial charge in [0.25, 0.3) is 0 Å². The maximum atomic E-state index is 9.31. The molecule has 0 unspecified atom stereocenters. The topological polar surface area (TPSA) is 81.0 Å². The van der Waals surface area contributed by atoms with Crippen LogP contribution in [0.15, 0.2) is 0 Å². The third-order valence-electron chi connectivity index (χ3n) is 1.25. The molecule has 0 rings (SSSR count). The van der Waals surface area contributed by atoms with E-state index in [0.29, 0.717) is 19.6 Å². The Morgan fingerprint density at radius 1 is 1.07 bits per heavy atom. The number of carbonyl (C=O) groups is 1. The minimum Gasteiger partial charge on any atom is -0.395 e. The Balaban J connectivity index is 0. The zero-order valence-corrected chi connectivity index (χ0v) is 9.28. The summed E-state index contributed by atoms with van der Waals surface area (Å²) in [6.07, 6.45) is 0. The van der Waals surface area contributed by atoms with Crippen molar-refractivity contribution < 1.29 is 20.1 Å². The molecular formula is C8H19NO4S. The van der Waals surface area contributed by atoms with E-state index in [1.165, 1.54) is 6.92 Å². The molecule has 86 valence electrons. The first-order valence-corrected chi connectivity index (χ1v) is 4.77. The standard InChI is InChI=1S/C6H15NO3.C2H4OS/c8-4-1-7(2-5-9)3-6-10;1-2(3)4/h8-10H,1-6H2;1H3,(H,3,4). The van der Waals surface area contributed by atoms with Gasteiger partial charge in [0.15, 0.2) is 5.12 Å². The molecule has 0 saturated carbocycles. The maximum Gasteiger partial charge on any atom is 0.182 e. The fourth-order valence-electron chi connectivity index (χ4n) is 0.760. The average molecular weight is 225 g/mol. The van der Waals surface area contributed by atoms with E-state index in [9.17, 15) is 4.79 Å². The molecular weight excluding hydrogens is 206 g/mol. The van der Waals surface area contributed by atoms with Crippen molar-refractivity contribution >= 4 is 17.7 Å². The minimum atomic E-state index is -0.139. The van der Waals surface area contributed by atoms with E-state index in [1.54, 1.807) is 4.90 Å². The Labute approximate surface area is 89.8 Å². The number of carbonyl (C=O) groups excluding carboxylic acids is 1. The number of hydrogen-bond donors (Lipinski definition) is 4. The number of nitrogens with zero attached hydrogens (tertiary/aromatic N) is 1. The van der Waals surface area contributed by atoms with E-state index in [4.69, 9.17) is 15.3 Å². The summed E-state index contributed by atoms with van der Waals surface area (Å²) in [7, 11) is 0. The number of aliphatic hydroxyl groups is 3. The lowest BCUT2D eigenvalue weighted by molar-refractivity contribution is -0.108. The number of rotatable bonds is 6. The second-order valence-corrected chi connectivity index (χ2v) is 3.16. The summed E-state index contributed by atoms with van der Waals surface area (Å²) in [6, 6.07) is 0. The SMILES string of the molecule is CC(=O)S.OCCN(CCO)CCO. The molecule has 0 aromatic carbocycles. The summed E-state index contributed by atoms with van der Waals surface area (Å²) in [5.41, 5.74) is 0. The quantitative estimate of drug-likeness (QED) is 0.424. The van der Waals surface area contributed by atoms with Crippen LogP contribution in [0.1, 0.15) is 6.92 Å². The van der Waals surface area contributed by atoms with Crippen LogP contribution in [0.5, 0.6) is 0 Å². The normalized spacial score (nSPS) is 9.57. The van der Waals surface area contributed by atoms with Crippen LogP contribution < -0.4 is 0 Å². The van der Waals surface area contributed by atoms with Crippen LogP contribution in [0.4, 0.5) is 0 Å². The Morgan fingerprint density at radius 2 is 1.29 bits per heavy atom. The molecule has 0 aromatic rings. The first-order chi connectivity index (χ1) is 6.58. The van der Waals surface area contributed by atoms with Crippen molar-refractivity contribution in [3.05, 3.63) is 0 Å². The molecule has 0 atom stereocenters. The molecule has 0 aliphatic carbocycles. The lowest BCUT2D eigenvalue weighted by atomic mass is 10.4. The smallest absolute Gasteiger partial charge is 0.182 e. The fraction of sp³-hybridized carbons (Fsp3) is 0.875. The summed E-state index contributed by atoms with van der Waals surface area (Å²) in [4.78, 5) is 11.1. The highest BCUT2D eigenvalue weighted by molar-refractivity contribution is 7.96. The molecule has 0 spiro atoms. The zero-order chi connectivity index (χ0) is 11.4. The lowest BCUT2D eigenvalue weighted by Crippen LogP contribution is -2.32. The molecule has 0 aliphatic heterocycles. The van der Waals surface area contributed by atoms with E-state index in [1.807, 2.05) is 0 Å². The highest BCUT2D eigenvalue weighted by atomic mass is 32.1. The molecule has 0 saturated heterocycles. The highest BCUT2D eigenvalue weighted by Crippen LogP contribution is 1.84. The molecule has 0 amide bonds. The average Bonchev–Trinajstić information content (AvgIpc) is 2.04. The second kappa shape index (κ2) is 12.9. The van der Waals surface area contributed by atoms with Crippen molar-refractivity contribution in [2.24, 2.45) is 0 Å². The van der Waals surface area contributed by atoms with E-state index in [0.717, 1.165) is 0 Å². The van der Waals surface area contributed by atoms with Gasteiger partial charge >= 0.3 is 0 Å². The van der Waals surface area contributed by atoms with Gasteiger partial charge in [-0.15, -0.1) is 12.6 Å². The van der Waals surface area contributed by atoms with Gasteiger partial charge in [0.05, 0.1) is 19.8 Å². The van der Waals surface area contributed by atoms with Gasteiger partial charge in [-0.05, 0) is 0 Å². The predicted molar refractivity (Wildman–Crippen MR) is 57.4 cm³/mol. The van der Waals surface area contributed by atoms with Crippen molar-refractivity contribution in [3.63, 3.8) is 0 Å². The predicted octanol–water partition coefficient (Wildman–Crippen LogP) is -1.27. The molecule has 0 heterocycles. The van der Waals surface area contributed by atoms with Crippen LogP contribution >= 0.6 is 12.6 Å². The molecule has 6 heteroatoms. The van der Waals surface area contributed by atoms with Gasteiger partial charge in [0.2, 0.25) is 0 Å². The van der Waals surface area contributed by atoms with Gasteiger partial charge in [-0.25, -0.2) is 0 Å². The zero-order valence-electron chi connectivity index (χ0n) is 8.39. The molecule has 0 fully saturated rings. The van der Waals surface area contributed by atoms with E-state index in [2.05, 4.69) is 12.6 Å². The summed E-state index contributed by atoms with van der Waals surface area (Å²) in [5, 5.41) is 25.3. The van der Waals surface area contributed by atoms with Crippen LogP contribution in [-0.4, -0.2) is 64.8 Å². The molecule has 0 radical (unpaired) electrons. The van der Waals surface area contributed by atoms with Crippen LogP contribution in [0.3, 0.4) is 0 Å². The maximum absolute atomic E-state index is 9.31. The summed E-state index contributed by atoms with van der Waals surface area (Å²) in [5.74, 6) is 0. The first-order valence-electron chi connectivity index (χ1n) is 4.33. The molecule has 0 aromatic heterocycles. The third kappa shape index (κ3) is 17.8. The van der Waals surface area contributed by atoms with Crippen molar-refractivity contribution in [1.29, 1.82) is 0 Å². The van der Waals surface area contributed by atoms with Crippen molar-refractivity contribution in [2.45, 2.75) is 6.92 Å². The second-order valence-electron chi connectivity index (χ2n) is 2.53. The Bertz CT molecular complexity index is 116. The van der Waals surface area contributed by atoms with Gasteiger partial charge in [0, 0.05) is 26.6 Å². The van der Waals surface area contributed by atoms with Crippen LogP contribution in [0.25, 0.3) is 0 Å². The molecule has 14 heavy (non-hydrogen) atoms. The van der Waals surface area contributed by atoms with Crippen molar-refractivity contribution in [2.75, 3.05) is 39.5 Å². The Morgan fingerprint density at radius 3 is 1.43 bits per heavy atom. The van der Waals surface area contributed by atoms with Crippen LogP contribution in [0, 0.1) is 0 Å². The van der Waals surface area contributed by atoms with E-state index >= 15 is 0 Å². The Kier molecular flexibility index (Phi) is 15.0. The van der Waals surface area contributed by atoms with Crippen molar-refractivity contribution in [1.82, 2.24) is 4.90 Å². The molecule has 5 nitrogen and oxygen atoms in total. The summed E-state index contributed by atoms with van der Waals surface area (Å²) in [6.45, 7) is 3.15. The number of aliphatic hydroxyl groups excluding tert-OH is 3.